The van der Waals surface area contributed by atoms with Gasteiger partial charge in [0.25, 0.3) is 5.91 Å². The lowest BCUT2D eigenvalue weighted by Gasteiger charge is -2.24. The number of carbonyl (C=O) groups is 2. The van der Waals surface area contributed by atoms with Gasteiger partial charge in [-0.1, -0.05) is 42.5 Å². The van der Waals surface area contributed by atoms with Crippen molar-refractivity contribution in [2.24, 2.45) is 5.10 Å². The van der Waals surface area contributed by atoms with Crippen LogP contribution in [0.15, 0.2) is 77.9 Å². The van der Waals surface area contributed by atoms with Gasteiger partial charge in [-0.15, -0.1) is 11.8 Å². The van der Waals surface area contributed by atoms with Crippen LogP contribution < -0.4 is 10.2 Å². The Hall–Kier alpha value is -3.78. The maximum Gasteiger partial charge on any atom is 0.271 e. The molecule has 168 valence electrons. The second kappa shape index (κ2) is 10.2. The average Bonchev–Trinajstić information content (AvgIpc) is 3.20. The number of phenols is 1. The van der Waals surface area contributed by atoms with Gasteiger partial charge in [-0.05, 0) is 47.0 Å². The summed E-state index contributed by atoms with van der Waals surface area (Å²) < 4.78 is 5.06. The molecule has 1 aliphatic heterocycles. The molecule has 0 unspecified atom stereocenters. The van der Waals surface area contributed by atoms with Gasteiger partial charge < -0.3 is 14.7 Å². The molecule has 33 heavy (non-hydrogen) atoms. The van der Waals surface area contributed by atoms with Crippen LogP contribution in [-0.2, 0) is 11.3 Å². The van der Waals surface area contributed by atoms with Crippen LogP contribution in [0.1, 0.15) is 32.4 Å². The fourth-order valence-corrected chi connectivity index (χ4v) is 4.67. The lowest BCUT2D eigenvalue weighted by molar-refractivity contribution is -0.128. The molecule has 0 aromatic heterocycles. The topological polar surface area (TPSA) is 91.2 Å². The highest BCUT2D eigenvalue weighted by Gasteiger charge is 2.32. The predicted molar refractivity (Wildman–Crippen MR) is 128 cm³/mol. The SMILES string of the molecule is COc1cc(/C=N\NC(=O)c2ccc([C@H]3SCC(=O)N3Cc3ccccc3)cc2)ccc1O. The minimum Gasteiger partial charge on any atom is -0.504 e. The van der Waals surface area contributed by atoms with Gasteiger partial charge in [0.1, 0.15) is 5.37 Å². The van der Waals surface area contributed by atoms with E-state index < -0.39 is 0 Å². The summed E-state index contributed by atoms with van der Waals surface area (Å²) in [5, 5.41) is 13.5. The third-order valence-electron chi connectivity index (χ3n) is 5.21. The number of carbonyl (C=O) groups excluding carboxylic acids is 2. The van der Waals surface area contributed by atoms with E-state index in [1.54, 1.807) is 36.0 Å². The normalized spacial score (nSPS) is 15.7. The van der Waals surface area contributed by atoms with Gasteiger partial charge in [-0.2, -0.15) is 5.10 Å². The van der Waals surface area contributed by atoms with Gasteiger partial charge in [-0.25, -0.2) is 5.43 Å². The first kappa shape index (κ1) is 22.4. The van der Waals surface area contributed by atoms with E-state index in [9.17, 15) is 14.7 Å². The zero-order chi connectivity index (χ0) is 23.2. The third-order valence-corrected chi connectivity index (χ3v) is 6.46. The molecule has 3 aromatic rings. The summed E-state index contributed by atoms with van der Waals surface area (Å²) in [7, 11) is 1.46. The Labute approximate surface area is 196 Å². The quantitative estimate of drug-likeness (QED) is 0.411. The average molecular weight is 462 g/mol. The standard InChI is InChI=1S/C25H23N3O4S/c1-32-22-13-18(7-12-21(22)29)14-26-27-24(31)19-8-10-20(11-9-19)25-28(23(30)16-33-25)15-17-5-3-2-4-6-17/h2-14,25,29H,15-16H2,1H3,(H,27,31)/b26-14-/t25-/m1/s1. The smallest absolute Gasteiger partial charge is 0.271 e. The molecule has 1 atom stereocenters. The van der Waals surface area contributed by atoms with Crippen LogP contribution in [-0.4, -0.2) is 40.9 Å². The van der Waals surface area contributed by atoms with Crippen LogP contribution in [0.25, 0.3) is 0 Å². The molecule has 2 amide bonds. The van der Waals surface area contributed by atoms with Crippen molar-refractivity contribution in [3.8, 4) is 11.5 Å². The number of amides is 2. The number of benzene rings is 3. The number of hydrazone groups is 1. The molecule has 0 spiro atoms. The number of aromatic hydroxyl groups is 1. The lowest BCUT2D eigenvalue weighted by Crippen LogP contribution is -2.27. The largest absolute Gasteiger partial charge is 0.504 e. The first-order valence-corrected chi connectivity index (χ1v) is 11.4. The first-order chi connectivity index (χ1) is 16.0. The van der Waals surface area contributed by atoms with Crippen LogP contribution >= 0.6 is 11.8 Å². The number of hydrogen-bond donors (Lipinski definition) is 2. The zero-order valence-electron chi connectivity index (χ0n) is 18.0. The first-order valence-electron chi connectivity index (χ1n) is 10.3. The van der Waals surface area contributed by atoms with Gasteiger partial charge in [-0.3, -0.25) is 9.59 Å². The molecule has 0 radical (unpaired) electrons. The van der Waals surface area contributed by atoms with Gasteiger partial charge >= 0.3 is 0 Å². The molecule has 8 heteroatoms. The van der Waals surface area contributed by atoms with Crippen molar-refractivity contribution >= 4 is 29.8 Å². The maximum absolute atomic E-state index is 12.4. The van der Waals surface area contributed by atoms with E-state index in [1.807, 2.05) is 47.4 Å². The molecule has 1 aliphatic rings. The second-order valence-corrected chi connectivity index (χ2v) is 8.49. The Morgan fingerprint density at radius 2 is 1.94 bits per heavy atom. The number of nitrogens with zero attached hydrogens (tertiary/aromatic N) is 2. The van der Waals surface area contributed by atoms with E-state index in [0.29, 0.717) is 29.2 Å². The van der Waals surface area contributed by atoms with Crippen molar-refractivity contribution < 1.29 is 19.4 Å². The summed E-state index contributed by atoms with van der Waals surface area (Å²) in [4.78, 5) is 26.7. The minimum absolute atomic E-state index is 0.0308. The summed E-state index contributed by atoms with van der Waals surface area (Å²) in [6, 6.07) is 21.9. The number of ether oxygens (including phenoxy) is 1. The highest BCUT2D eigenvalue weighted by Crippen LogP contribution is 2.39. The van der Waals surface area contributed by atoms with Crippen molar-refractivity contribution in [1.29, 1.82) is 0 Å². The number of hydrogen-bond acceptors (Lipinski definition) is 6. The predicted octanol–water partition coefficient (Wildman–Crippen LogP) is 3.94. The molecular weight excluding hydrogens is 438 g/mol. The highest BCUT2D eigenvalue weighted by molar-refractivity contribution is 8.00. The van der Waals surface area contributed by atoms with E-state index >= 15 is 0 Å². The number of rotatable bonds is 7. The van der Waals surface area contributed by atoms with Crippen molar-refractivity contribution in [3.05, 3.63) is 95.1 Å². The number of phenolic OH excluding ortho intramolecular Hbond substituents is 1. The van der Waals surface area contributed by atoms with Crippen LogP contribution in [0.4, 0.5) is 0 Å². The molecule has 0 bridgehead atoms. The summed E-state index contributed by atoms with van der Waals surface area (Å²) in [5.41, 5.74) is 5.68. The Morgan fingerprint density at radius 3 is 2.67 bits per heavy atom. The Kier molecular flexibility index (Phi) is 6.95. The monoisotopic (exact) mass is 461 g/mol. The van der Waals surface area contributed by atoms with E-state index in [0.717, 1.165) is 11.1 Å². The van der Waals surface area contributed by atoms with Gasteiger partial charge in [0, 0.05) is 12.1 Å². The summed E-state index contributed by atoms with van der Waals surface area (Å²) >= 11 is 1.58. The summed E-state index contributed by atoms with van der Waals surface area (Å²) in [6.07, 6.45) is 1.47. The molecule has 2 N–H and O–H groups in total. The van der Waals surface area contributed by atoms with Crippen molar-refractivity contribution in [1.82, 2.24) is 10.3 Å². The highest BCUT2D eigenvalue weighted by atomic mass is 32.2. The Morgan fingerprint density at radius 1 is 1.18 bits per heavy atom. The van der Waals surface area contributed by atoms with Gasteiger partial charge in [0.05, 0.1) is 19.1 Å². The zero-order valence-corrected chi connectivity index (χ0v) is 18.8. The van der Waals surface area contributed by atoms with E-state index in [2.05, 4.69) is 10.5 Å². The van der Waals surface area contributed by atoms with Gasteiger partial charge in [0.15, 0.2) is 11.5 Å². The molecule has 0 aliphatic carbocycles. The molecule has 3 aromatic carbocycles. The lowest BCUT2D eigenvalue weighted by atomic mass is 10.1. The van der Waals surface area contributed by atoms with Crippen LogP contribution in [0.2, 0.25) is 0 Å². The molecule has 1 heterocycles. The molecule has 1 fully saturated rings. The fourth-order valence-electron chi connectivity index (χ4n) is 3.48. The Balaban J connectivity index is 1.40. The van der Waals surface area contributed by atoms with Crippen LogP contribution in [0.3, 0.4) is 0 Å². The fraction of sp³-hybridized carbons (Fsp3) is 0.160. The molecular formula is C25H23N3O4S. The number of methoxy groups -OCH3 is 1. The van der Waals surface area contributed by atoms with E-state index in [4.69, 9.17) is 4.74 Å². The second-order valence-electron chi connectivity index (χ2n) is 7.42. The van der Waals surface area contributed by atoms with Crippen molar-refractivity contribution in [3.63, 3.8) is 0 Å². The molecule has 1 saturated heterocycles. The summed E-state index contributed by atoms with van der Waals surface area (Å²) in [5.74, 6) is 0.556. The van der Waals surface area contributed by atoms with Crippen molar-refractivity contribution in [2.45, 2.75) is 11.9 Å². The molecule has 4 rings (SSSR count). The van der Waals surface area contributed by atoms with Crippen LogP contribution in [0, 0.1) is 0 Å². The molecule has 7 nitrogen and oxygen atoms in total. The molecule has 0 saturated carbocycles. The van der Waals surface area contributed by atoms with E-state index in [-0.39, 0.29) is 22.9 Å². The van der Waals surface area contributed by atoms with E-state index in [1.165, 1.54) is 19.4 Å². The van der Waals surface area contributed by atoms with Gasteiger partial charge in [0.2, 0.25) is 5.91 Å². The number of thioether (sulfide) groups is 1. The summed E-state index contributed by atoms with van der Waals surface area (Å²) in [6.45, 7) is 0.552. The van der Waals surface area contributed by atoms with Crippen molar-refractivity contribution in [2.75, 3.05) is 12.9 Å². The minimum atomic E-state index is -0.347. The Bertz CT molecular complexity index is 1170. The van der Waals surface area contributed by atoms with Crippen LogP contribution in [0.5, 0.6) is 11.5 Å². The third kappa shape index (κ3) is 5.35. The maximum atomic E-state index is 12.4. The number of nitrogens with one attached hydrogen (secondary N) is 1.